The summed E-state index contributed by atoms with van der Waals surface area (Å²) in [6, 6.07) is 0. The molecule has 0 unspecified atom stereocenters. The van der Waals surface area contributed by atoms with Gasteiger partial charge in [0.25, 0.3) is 0 Å². The standard InChI is InChI=1S/C2H6OS.C2H5O.Na/c1-4(2)3;1-2-3;/h1-2H3;2H2,1H3;/q;-1;+1. The molecule has 0 aliphatic carbocycles. The smallest absolute Gasteiger partial charge is 0.855 e. The second-order valence-corrected chi connectivity index (χ2v) is 2.51. The summed E-state index contributed by atoms with van der Waals surface area (Å²) >= 11 is 0. The van der Waals surface area contributed by atoms with Crippen LogP contribution in [0.5, 0.6) is 0 Å². The average molecular weight is 146 g/mol. The summed E-state index contributed by atoms with van der Waals surface area (Å²) in [5, 5.41) is 8.93. The van der Waals surface area contributed by atoms with Gasteiger partial charge < -0.3 is 5.11 Å². The molecule has 0 heterocycles. The van der Waals surface area contributed by atoms with Crippen LogP contribution in [-0.4, -0.2) is 23.3 Å². The van der Waals surface area contributed by atoms with Gasteiger partial charge in [-0.15, -0.1) is 6.61 Å². The van der Waals surface area contributed by atoms with Gasteiger partial charge in [0, 0.05) is 23.3 Å². The fourth-order valence-corrected chi connectivity index (χ4v) is 0. The third-order valence-corrected chi connectivity index (χ3v) is 0. The molecule has 4 heteroatoms. The quantitative estimate of drug-likeness (QED) is 0.331. The molecule has 2 nitrogen and oxygen atoms in total. The van der Waals surface area contributed by atoms with E-state index in [1.165, 1.54) is 0 Å². The van der Waals surface area contributed by atoms with Gasteiger partial charge in [0.05, 0.1) is 0 Å². The van der Waals surface area contributed by atoms with Crippen LogP contribution in [0.2, 0.25) is 0 Å². The summed E-state index contributed by atoms with van der Waals surface area (Å²) in [7, 11) is -0.611. The molecule has 0 amide bonds. The zero-order valence-corrected chi connectivity index (χ0v) is 8.75. The molecule has 46 valence electrons. The van der Waals surface area contributed by atoms with Gasteiger partial charge >= 0.3 is 29.6 Å². The Kier molecular flexibility index (Phi) is 31.5. The minimum atomic E-state index is -0.611. The van der Waals surface area contributed by atoms with Crippen molar-refractivity contribution in [2.24, 2.45) is 0 Å². The SMILES string of the molecule is CC[O-].CS(C)=O.[Na+]. The molecule has 0 fully saturated rings. The van der Waals surface area contributed by atoms with Crippen molar-refractivity contribution in [1.82, 2.24) is 0 Å². The molecule has 0 spiro atoms. The molecular weight excluding hydrogens is 135 g/mol. The van der Waals surface area contributed by atoms with Gasteiger partial charge in [-0.3, -0.25) is 4.21 Å². The minimum Gasteiger partial charge on any atom is -0.855 e. The van der Waals surface area contributed by atoms with Crippen molar-refractivity contribution in [1.29, 1.82) is 0 Å². The molecule has 0 aromatic rings. The summed E-state index contributed by atoms with van der Waals surface area (Å²) in [5.41, 5.74) is 0. The Hall–Kier alpha value is 1.11. The largest absolute Gasteiger partial charge is 1.00 e. The topological polar surface area (TPSA) is 40.1 Å². The first-order valence-electron chi connectivity index (χ1n) is 1.98. The average Bonchev–Trinajstić information content (AvgIpc) is 1.33. The van der Waals surface area contributed by atoms with Gasteiger partial charge in [-0.2, -0.15) is 0 Å². The van der Waals surface area contributed by atoms with Crippen molar-refractivity contribution in [2.45, 2.75) is 6.92 Å². The summed E-state index contributed by atoms with van der Waals surface area (Å²) in [6.07, 6.45) is 3.28. The van der Waals surface area contributed by atoms with Gasteiger partial charge in [-0.1, -0.05) is 6.92 Å². The minimum absolute atomic E-state index is 0. The molecular formula is C4H11NaO2S. The third-order valence-electron chi connectivity index (χ3n) is 0. The zero-order valence-electron chi connectivity index (χ0n) is 5.93. The Balaban J connectivity index is -0.0000000575. The van der Waals surface area contributed by atoms with Crippen LogP contribution in [0.25, 0.3) is 0 Å². The molecule has 0 rings (SSSR count). The number of rotatable bonds is 0. The van der Waals surface area contributed by atoms with E-state index in [0.29, 0.717) is 0 Å². The first-order chi connectivity index (χ1) is 3.15. The van der Waals surface area contributed by atoms with Crippen molar-refractivity contribution >= 4 is 10.8 Å². The second kappa shape index (κ2) is 15.7. The molecule has 0 aliphatic rings. The van der Waals surface area contributed by atoms with Crippen LogP contribution in [0.15, 0.2) is 0 Å². The van der Waals surface area contributed by atoms with Crippen molar-refractivity contribution in [3.8, 4) is 0 Å². The maximum Gasteiger partial charge on any atom is 1.00 e. The molecule has 0 aromatic heterocycles. The van der Waals surface area contributed by atoms with Gasteiger partial charge in [-0.05, 0) is 0 Å². The van der Waals surface area contributed by atoms with Gasteiger partial charge in [0.2, 0.25) is 0 Å². The Morgan fingerprint density at radius 3 is 1.50 bits per heavy atom. The van der Waals surface area contributed by atoms with Crippen molar-refractivity contribution < 1.29 is 38.9 Å². The summed E-state index contributed by atoms with van der Waals surface area (Å²) in [5.74, 6) is 0. The van der Waals surface area contributed by atoms with E-state index in [0.717, 1.165) is 0 Å². The third kappa shape index (κ3) is 215. The van der Waals surface area contributed by atoms with E-state index < -0.39 is 10.8 Å². The Bertz CT molecular complexity index is 45.3. The maximum atomic E-state index is 9.56. The van der Waals surface area contributed by atoms with E-state index in [2.05, 4.69) is 0 Å². The maximum absolute atomic E-state index is 9.56. The molecule has 0 aliphatic heterocycles. The predicted octanol–water partition coefficient (Wildman–Crippen LogP) is -3.63. The van der Waals surface area contributed by atoms with Gasteiger partial charge in [0.15, 0.2) is 0 Å². The van der Waals surface area contributed by atoms with Crippen molar-refractivity contribution in [3.63, 3.8) is 0 Å². The molecule has 0 radical (unpaired) electrons. The fourth-order valence-electron chi connectivity index (χ4n) is 0. The molecule has 8 heavy (non-hydrogen) atoms. The summed E-state index contributed by atoms with van der Waals surface area (Å²) in [4.78, 5) is 0. The molecule has 0 bridgehead atoms. The monoisotopic (exact) mass is 146 g/mol. The van der Waals surface area contributed by atoms with E-state index in [1.807, 2.05) is 0 Å². The van der Waals surface area contributed by atoms with E-state index >= 15 is 0 Å². The van der Waals surface area contributed by atoms with Crippen LogP contribution in [0.1, 0.15) is 6.92 Å². The van der Waals surface area contributed by atoms with Crippen LogP contribution in [-0.2, 0) is 10.8 Å². The van der Waals surface area contributed by atoms with Crippen LogP contribution >= 0.6 is 0 Å². The number of hydrogen-bond donors (Lipinski definition) is 0. The summed E-state index contributed by atoms with van der Waals surface area (Å²) < 4.78 is 9.56. The van der Waals surface area contributed by atoms with Gasteiger partial charge in [0.1, 0.15) is 0 Å². The number of hydrogen-bond acceptors (Lipinski definition) is 2. The second-order valence-electron chi connectivity index (χ2n) is 1.03. The predicted molar refractivity (Wildman–Crippen MR) is 30.5 cm³/mol. The molecule has 0 atom stereocenters. The fraction of sp³-hybridized carbons (Fsp3) is 1.00. The normalized spacial score (nSPS) is 6.62. The summed E-state index contributed by atoms with van der Waals surface area (Å²) in [6.45, 7) is 1.57. The Morgan fingerprint density at radius 2 is 1.50 bits per heavy atom. The zero-order chi connectivity index (χ0) is 6.28. The molecule has 0 N–H and O–H groups in total. The van der Waals surface area contributed by atoms with Crippen molar-refractivity contribution in [3.05, 3.63) is 0 Å². The van der Waals surface area contributed by atoms with E-state index in [9.17, 15) is 4.21 Å². The first-order valence-corrected chi connectivity index (χ1v) is 3.95. The van der Waals surface area contributed by atoms with Crippen LogP contribution in [0.4, 0.5) is 0 Å². The van der Waals surface area contributed by atoms with Crippen LogP contribution < -0.4 is 34.7 Å². The Labute approximate surface area is 75.4 Å². The van der Waals surface area contributed by atoms with Crippen LogP contribution in [0.3, 0.4) is 0 Å². The Morgan fingerprint density at radius 1 is 1.50 bits per heavy atom. The van der Waals surface area contributed by atoms with E-state index in [1.54, 1.807) is 19.4 Å². The van der Waals surface area contributed by atoms with E-state index in [4.69, 9.17) is 5.11 Å². The van der Waals surface area contributed by atoms with Gasteiger partial charge in [-0.25, -0.2) is 0 Å². The van der Waals surface area contributed by atoms with Crippen molar-refractivity contribution in [2.75, 3.05) is 19.1 Å². The van der Waals surface area contributed by atoms with E-state index in [-0.39, 0.29) is 36.2 Å². The molecule has 0 saturated carbocycles. The molecule has 0 saturated heterocycles. The van der Waals surface area contributed by atoms with Crippen LogP contribution in [0, 0.1) is 0 Å². The molecule has 0 aromatic carbocycles. The first kappa shape index (κ1) is 16.1.